The number of benzene rings is 3. The van der Waals surface area contributed by atoms with Gasteiger partial charge in [-0.2, -0.15) is 13.9 Å². The van der Waals surface area contributed by atoms with Crippen LogP contribution in [0.5, 0.6) is 11.5 Å². The van der Waals surface area contributed by atoms with E-state index in [0.717, 1.165) is 18.3 Å². The van der Waals surface area contributed by atoms with Crippen molar-refractivity contribution in [2.24, 2.45) is 5.10 Å². The van der Waals surface area contributed by atoms with Crippen LogP contribution in [0.1, 0.15) is 5.56 Å². The number of sulfonamides is 1. The van der Waals surface area contributed by atoms with E-state index >= 15 is 0 Å². The van der Waals surface area contributed by atoms with Crippen molar-refractivity contribution in [1.82, 2.24) is 0 Å². The minimum absolute atomic E-state index is 0.0879. The number of hydrogen-bond acceptors (Lipinski definition) is 8. The lowest BCUT2D eigenvalue weighted by Gasteiger charge is -2.12. The zero-order valence-electron chi connectivity index (χ0n) is 17.5. The number of non-ortho nitro benzene ring substituents is 1. The van der Waals surface area contributed by atoms with Crippen molar-refractivity contribution in [2.45, 2.75) is 11.5 Å². The predicted octanol–water partition coefficient (Wildman–Crippen LogP) is 4.45. The summed E-state index contributed by atoms with van der Waals surface area (Å²) >= 11 is 0. The summed E-state index contributed by atoms with van der Waals surface area (Å²) < 4.78 is 62.9. The summed E-state index contributed by atoms with van der Waals surface area (Å²) in [5.74, 6) is 0.367. The number of ether oxygens (including phenoxy) is 2. The molecule has 34 heavy (non-hydrogen) atoms. The van der Waals surface area contributed by atoms with Crippen molar-refractivity contribution in [3.8, 4) is 11.5 Å². The maximum absolute atomic E-state index is 13.0. The number of hydrogen-bond donors (Lipinski definition) is 2. The Morgan fingerprint density at radius 2 is 1.79 bits per heavy atom. The predicted molar refractivity (Wildman–Crippen MR) is 121 cm³/mol. The van der Waals surface area contributed by atoms with Crippen LogP contribution in [0.25, 0.3) is 0 Å². The first-order chi connectivity index (χ1) is 16.2. The average Bonchev–Trinajstić information content (AvgIpc) is 2.80. The first kappa shape index (κ1) is 24.4. The number of halogens is 2. The molecule has 3 rings (SSSR count). The maximum Gasteiger partial charge on any atom is 0.387 e. The fourth-order valence-electron chi connectivity index (χ4n) is 2.77. The van der Waals surface area contributed by atoms with Crippen LogP contribution in [0.15, 0.2) is 76.7 Å². The van der Waals surface area contributed by atoms with E-state index in [4.69, 9.17) is 4.74 Å². The van der Waals surface area contributed by atoms with Crippen LogP contribution >= 0.6 is 0 Å². The second kappa shape index (κ2) is 10.6. The Labute approximate surface area is 193 Å². The van der Waals surface area contributed by atoms with Gasteiger partial charge in [-0.25, -0.2) is 8.42 Å². The third-order valence-electron chi connectivity index (χ3n) is 4.33. The van der Waals surface area contributed by atoms with Crippen molar-refractivity contribution in [1.29, 1.82) is 0 Å². The number of nitro benzene ring substituents is 1. The molecule has 0 fully saturated rings. The molecule has 0 aliphatic carbocycles. The Morgan fingerprint density at radius 3 is 2.44 bits per heavy atom. The van der Waals surface area contributed by atoms with Crippen molar-refractivity contribution in [3.05, 3.63) is 82.4 Å². The number of nitro groups is 1. The van der Waals surface area contributed by atoms with Gasteiger partial charge >= 0.3 is 6.61 Å². The summed E-state index contributed by atoms with van der Waals surface area (Å²) in [5, 5.41) is 15.1. The van der Waals surface area contributed by atoms with Crippen LogP contribution in [0.3, 0.4) is 0 Å². The Morgan fingerprint density at radius 1 is 1.09 bits per heavy atom. The van der Waals surface area contributed by atoms with E-state index < -0.39 is 32.1 Å². The Kier molecular flexibility index (Phi) is 7.58. The number of nitrogens with zero attached hydrogens (tertiary/aromatic N) is 2. The van der Waals surface area contributed by atoms with Gasteiger partial charge in [-0.1, -0.05) is 12.1 Å². The lowest BCUT2D eigenvalue weighted by Crippen LogP contribution is -2.15. The van der Waals surface area contributed by atoms with Crippen LogP contribution in [0, 0.1) is 10.1 Å². The van der Waals surface area contributed by atoms with E-state index in [1.165, 1.54) is 55.6 Å². The van der Waals surface area contributed by atoms with Gasteiger partial charge in [0, 0.05) is 23.4 Å². The van der Waals surface area contributed by atoms with Gasteiger partial charge in [-0.15, -0.1) is 0 Å². The minimum atomic E-state index is -4.29. The quantitative estimate of drug-likeness (QED) is 0.243. The topological polar surface area (TPSA) is 132 Å². The van der Waals surface area contributed by atoms with E-state index in [0.29, 0.717) is 5.75 Å². The van der Waals surface area contributed by atoms with E-state index in [-0.39, 0.29) is 22.7 Å². The van der Waals surface area contributed by atoms with Gasteiger partial charge in [0.05, 0.1) is 23.9 Å². The highest BCUT2D eigenvalue weighted by atomic mass is 32.2. The summed E-state index contributed by atoms with van der Waals surface area (Å²) in [7, 11) is -2.84. The highest BCUT2D eigenvalue weighted by molar-refractivity contribution is 7.92. The molecule has 0 aliphatic heterocycles. The van der Waals surface area contributed by atoms with Gasteiger partial charge < -0.3 is 9.47 Å². The second-order valence-corrected chi connectivity index (χ2v) is 8.21. The van der Waals surface area contributed by atoms with Crippen LogP contribution < -0.4 is 19.6 Å². The number of nitrogens with one attached hydrogen (secondary N) is 2. The number of para-hydroxylation sites is 1. The zero-order valence-corrected chi connectivity index (χ0v) is 18.3. The van der Waals surface area contributed by atoms with Gasteiger partial charge in [0.15, 0.2) is 0 Å². The van der Waals surface area contributed by atoms with Crippen molar-refractivity contribution in [3.63, 3.8) is 0 Å². The van der Waals surface area contributed by atoms with Gasteiger partial charge in [0.1, 0.15) is 16.4 Å². The number of rotatable bonds is 10. The molecule has 2 N–H and O–H groups in total. The summed E-state index contributed by atoms with van der Waals surface area (Å²) in [6.07, 6.45) is 1.15. The summed E-state index contributed by atoms with van der Waals surface area (Å²) in [6.45, 7) is -3.04. The van der Waals surface area contributed by atoms with Crippen LogP contribution in [0.2, 0.25) is 0 Å². The molecule has 0 aliphatic rings. The molecule has 0 amide bonds. The lowest BCUT2D eigenvalue weighted by molar-refractivity contribution is -0.385. The third-order valence-corrected chi connectivity index (χ3v) is 5.75. The highest BCUT2D eigenvalue weighted by Gasteiger charge is 2.23. The molecule has 0 saturated carbocycles. The van der Waals surface area contributed by atoms with Gasteiger partial charge in [0.25, 0.3) is 15.7 Å². The molecule has 3 aromatic carbocycles. The number of methoxy groups -OCH3 is 1. The molecule has 0 atom stereocenters. The van der Waals surface area contributed by atoms with Crippen LogP contribution in [-0.2, 0) is 10.0 Å². The molecule has 0 radical (unpaired) electrons. The number of hydrazone groups is 1. The number of anilines is 2. The van der Waals surface area contributed by atoms with E-state index in [2.05, 4.69) is 20.0 Å². The molecule has 10 nitrogen and oxygen atoms in total. The molecule has 0 unspecified atom stereocenters. The number of alkyl halides is 2. The first-order valence-electron chi connectivity index (χ1n) is 9.48. The van der Waals surface area contributed by atoms with E-state index in [1.807, 2.05) is 0 Å². The van der Waals surface area contributed by atoms with Crippen molar-refractivity contribution in [2.75, 3.05) is 17.3 Å². The SMILES string of the molecule is COc1ccc(NS(=O)(=O)c2cc([N+](=O)[O-])ccc2N/N=C/c2ccccc2OC(F)F)cc1. The molecule has 3 aromatic rings. The Hall–Kier alpha value is -4.26. The fraction of sp³-hybridized carbons (Fsp3) is 0.0952. The van der Waals surface area contributed by atoms with Gasteiger partial charge in [-0.3, -0.25) is 20.3 Å². The van der Waals surface area contributed by atoms with Crippen molar-refractivity contribution < 1.29 is 31.6 Å². The standard InChI is InChI=1S/C21H18F2N4O6S/c1-32-17-9-6-15(7-10-17)26-34(30,31)20-12-16(27(28)29)8-11-18(20)25-24-13-14-4-2-3-5-19(14)33-21(22)23/h2-13,21,25-26H,1H3/b24-13+. The second-order valence-electron chi connectivity index (χ2n) is 6.56. The smallest absolute Gasteiger partial charge is 0.387 e. The highest BCUT2D eigenvalue weighted by Crippen LogP contribution is 2.29. The van der Waals surface area contributed by atoms with Crippen molar-refractivity contribution >= 4 is 33.3 Å². The molecule has 0 saturated heterocycles. The molecule has 0 aromatic heterocycles. The first-order valence-corrected chi connectivity index (χ1v) is 11.0. The van der Waals surface area contributed by atoms with Gasteiger partial charge in [0.2, 0.25) is 0 Å². The maximum atomic E-state index is 13.0. The lowest BCUT2D eigenvalue weighted by atomic mass is 10.2. The Balaban J connectivity index is 1.91. The monoisotopic (exact) mass is 492 g/mol. The molecule has 13 heteroatoms. The zero-order chi connectivity index (χ0) is 24.7. The van der Waals surface area contributed by atoms with E-state index in [1.54, 1.807) is 6.07 Å². The molecule has 0 bridgehead atoms. The molecular weight excluding hydrogens is 474 g/mol. The van der Waals surface area contributed by atoms with Crippen LogP contribution in [-0.4, -0.2) is 33.3 Å². The molecular formula is C21H18F2N4O6S. The van der Waals surface area contributed by atoms with Crippen LogP contribution in [0.4, 0.5) is 25.8 Å². The third kappa shape index (κ3) is 6.16. The molecule has 0 heterocycles. The van der Waals surface area contributed by atoms with E-state index in [9.17, 15) is 27.3 Å². The molecule has 178 valence electrons. The summed E-state index contributed by atoms with van der Waals surface area (Å²) in [4.78, 5) is 10.0. The largest absolute Gasteiger partial charge is 0.497 e. The normalized spacial score (nSPS) is 11.4. The molecule has 0 spiro atoms. The summed E-state index contributed by atoms with van der Waals surface area (Å²) in [5.41, 5.74) is 2.32. The average molecular weight is 492 g/mol. The fourth-order valence-corrected chi connectivity index (χ4v) is 4.01. The van der Waals surface area contributed by atoms with Gasteiger partial charge in [-0.05, 0) is 42.5 Å². The summed E-state index contributed by atoms with van der Waals surface area (Å²) in [6, 6.07) is 15.0. The minimum Gasteiger partial charge on any atom is -0.497 e. The Bertz CT molecular complexity index is 1300.